The summed E-state index contributed by atoms with van der Waals surface area (Å²) in [6, 6.07) is 21.8. The molecule has 0 spiro atoms. The Morgan fingerprint density at radius 1 is 0.850 bits per heavy atom. The van der Waals surface area contributed by atoms with Crippen LogP contribution in [0.3, 0.4) is 0 Å². The van der Waals surface area contributed by atoms with E-state index in [1.807, 2.05) is 0 Å². The van der Waals surface area contributed by atoms with Gasteiger partial charge in [0, 0.05) is 5.54 Å². The number of benzene rings is 2. The fraction of sp³-hybridized carbons (Fsp3) is 0.368. The first-order valence-corrected chi connectivity index (χ1v) is 7.74. The molecule has 1 nitrogen and oxygen atoms in total. The Hall–Kier alpha value is -1.60. The van der Waals surface area contributed by atoms with E-state index in [2.05, 4.69) is 66.0 Å². The fourth-order valence-electron chi connectivity index (χ4n) is 3.33. The molecule has 1 heteroatoms. The summed E-state index contributed by atoms with van der Waals surface area (Å²) < 4.78 is 0. The Kier molecular flexibility index (Phi) is 4.17. The Bertz CT molecular complexity index is 512. The van der Waals surface area contributed by atoms with Crippen LogP contribution in [-0.4, -0.2) is 6.54 Å². The van der Waals surface area contributed by atoms with Gasteiger partial charge in [-0.1, -0.05) is 67.1 Å². The maximum Gasteiger partial charge on any atom is 0.0437 e. The quantitative estimate of drug-likeness (QED) is 0.869. The van der Waals surface area contributed by atoms with Crippen molar-refractivity contribution in [1.82, 2.24) is 5.32 Å². The first kappa shape index (κ1) is 13.4. The van der Waals surface area contributed by atoms with Gasteiger partial charge in [0.2, 0.25) is 0 Å². The lowest BCUT2D eigenvalue weighted by Crippen LogP contribution is -2.46. The monoisotopic (exact) mass is 265 g/mol. The molecule has 2 aromatic rings. The predicted octanol–water partition coefficient (Wildman–Crippen LogP) is 4.29. The van der Waals surface area contributed by atoms with Gasteiger partial charge >= 0.3 is 0 Å². The highest BCUT2D eigenvalue weighted by atomic mass is 15.0. The smallest absolute Gasteiger partial charge is 0.0437 e. The first-order chi connectivity index (χ1) is 9.89. The van der Waals surface area contributed by atoms with Crippen LogP contribution in [0.15, 0.2) is 60.7 Å². The molecule has 0 aliphatic carbocycles. The Labute approximate surface area is 122 Å². The molecular formula is C19H23N. The van der Waals surface area contributed by atoms with Gasteiger partial charge in [-0.05, 0) is 43.4 Å². The van der Waals surface area contributed by atoms with Crippen LogP contribution in [0.1, 0.15) is 36.8 Å². The third kappa shape index (κ3) is 2.94. The van der Waals surface area contributed by atoms with Crippen LogP contribution < -0.4 is 5.32 Å². The molecule has 1 aliphatic rings. The van der Waals surface area contributed by atoms with Crippen LogP contribution in [0.4, 0.5) is 0 Å². The summed E-state index contributed by atoms with van der Waals surface area (Å²) in [5.74, 6) is 0. The number of aryl methyl sites for hydroxylation is 1. The second-order valence-electron chi connectivity index (χ2n) is 5.82. The van der Waals surface area contributed by atoms with Crippen molar-refractivity contribution in [3.8, 4) is 0 Å². The molecule has 1 saturated heterocycles. The standard InChI is InChI=1S/C19H23N/c1-3-9-17(10-4-1)13-15-19(14-7-8-16-20-19)18-11-5-2-6-12-18/h1-6,9-12,20H,7-8,13-16H2. The zero-order chi connectivity index (χ0) is 13.7. The highest BCUT2D eigenvalue weighted by molar-refractivity contribution is 5.26. The lowest BCUT2D eigenvalue weighted by atomic mass is 9.78. The lowest BCUT2D eigenvalue weighted by molar-refractivity contribution is 0.240. The molecule has 2 aromatic carbocycles. The summed E-state index contributed by atoms with van der Waals surface area (Å²) >= 11 is 0. The Balaban J connectivity index is 1.80. The summed E-state index contributed by atoms with van der Waals surface area (Å²) in [5.41, 5.74) is 3.07. The fourth-order valence-corrected chi connectivity index (χ4v) is 3.33. The molecule has 1 fully saturated rings. The van der Waals surface area contributed by atoms with Gasteiger partial charge in [-0.3, -0.25) is 0 Å². The topological polar surface area (TPSA) is 12.0 Å². The molecule has 1 N–H and O–H groups in total. The van der Waals surface area contributed by atoms with E-state index in [1.165, 1.54) is 36.8 Å². The summed E-state index contributed by atoms with van der Waals surface area (Å²) in [7, 11) is 0. The molecule has 1 heterocycles. The summed E-state index contributed by atoms with van der Waals surface area (Å²) in [6.07, 6.45) is 6.21. The highest BCUT2D eigenvalue weighted by Gasteiger charge is 2.32. The lowest BCUT2D eigenvalue weighted by Gasteiger charge is -2.39. The molecule has 1 atom stereocenters. The van der Waals surface area contributed by atoms with Crippen LogP contribution in [-0.2, 0) is 12.0 Å². The molecular weight excluding hydrogens is 242 g/mol. The van der Waals surface area contributed by atoms with E-state index in [9.17, 15) is 0 Å². The Morgan fingerprint density at radius 2 is 1.55 bits per heavy atom. The summed E-state index contributed by atoms with van der Waals surface area (Å²) in [4.78, 5) is 0. The highest BCUT2D eigenvalue weighted by Crippen LogP contribution is 2.34. The van der Waals surface area contributed by atoms with Crippen molar-refractivity contribution in [2.75, 3.05) is 6.54 Å². The summed E-state index contributed by atoms with van der Waals surface area (Å²) in [6.45, 7) is 1.14. The third-order valence-corrected chi connectivity index (χ3v) is 4.50. The van der Waals surface area contributed by atoms with Crippen molar-refractivity contribution in [2.24, 2.45) is 0 Å². The molecule has 0 radical (unpaired) electrons. The maximum atomic E-state index is 3.82. The van der Waals surface area contributed by atoms with Gasteiger partial charge in [0.25, 0.3) is 0 Å². The normalized spacial score (nSPS) is 22.6. The van der Waals surface area contributed by atoms with Crippen molar-refractivity contribution >= 4 is 0 Å². The minimum atomic E-state index is 0.176. The Morgan fingerprint density at radius 3 is 2.20 bits per heavy atom. The molecule has 20 heavy (non-hydrogen) atoms. The number of piperidine rings is 1. The minimum Gasteiger partial charge on any atom is -0.307 e. The van der Waals surface area contributed by atoms with Gasteiger partial charge in [-0.2, -0.15) is 0 Å². The molecule has 0 saturated carbocycles. The third-order valence-electron chi connectivity index (χ3n) is 4.50. The van der Waals surface area contributed by atoms with Crippen LogP contribution in [0, 0.1) is 0 Å². The molecule has 0 aromatic heterocycles. The van der Waals surface area contributed by atoms with E-state index in [4.69, 9.17) is 0 Å². The largest absolute Gasteiger partial charge is 0.307 e. The minimum absolute atomic E-state index is 0.176. The van der Waals surface area contributed by atoms with E-state index in [0.29, 0.717) is 0 Å². The average Bonchev–Trinajstić information content (AvgIpc) is 2.56. The second-order valence-corrected chi connectivity index (χ2v) is 5.82. The van der Waals surface area contributed by atoms with E-state index in [0.717, 1.165) is 13.0 Å². The van der Waals surface area contributed by atoms with Gasteiger partial charge in [0.05, 0.1) is 0 Å². The van der Waals surface area contributed by atoms with E-state index in [1.54, 1.807) is 0 Å². The van der Waals surface area contributed by atoms with Gasteiger partial charge in [-0.25, -0.2) is 0 Å². The van der Waals surface area contributed by atoms with Crippen molar-refractivity contribution in [3.05, 3.63) is 71.8 Å². The zero-order valence-electron chi connectivity index (χ0n) is 12.0. The van der Waals surface area contributed by atoms with Crippen LogP contribution in [0.5, 0.6) is 0 Å². The zero-order valence-corrected chi connectivity index (χ0v) is 12.0. The van der Waals surface area contributed by atoms with Gasteiger partial charge in [0.1, 0.15) is 0 Å². The molecule has 3 rings (SSSR count). The molecule has 1 aliphatic heterocycles. The molecule has 1 unspecified atom stereocenters. The van der Waals surface area contributed by atoms with Crippen molar-refractivity contribution in [3.63, 3.8) is 0 Å². The van der Waals surface area contributed by atoms with E-state index >= 15 is 0 Å². The van der Waals surface area contributed by atoms with Gasteiger partial charge < -0.3 is 5.32 Å². The van der Waals surface area contributed by atoms with Crippen molar-refractivity contribution < 1.29 is 0 Å². The van der Waals surface area contributed by atoms with Crippen molar-refractivity contribution in [1.29, 1.82) is 0 Å². The molecule has 104 valence electrons. The maximum absolute atomic E-state index is 3.82. The van der Waals surface area contributed by atoms with E-state index in [-0.39, 0.29) is 5.54 Å². The van der Waals surface area contributed by atoms with Crippen LogP contribution in [0.2, 0.25) is 0 Å². The predicted molar refractivity (Wildman–Crippen MR) is 84.7 cm³/mol. The number of rotatable bonds is 4. The first-order valence-electron chi connectivity index (χ1n) is 7.74. The number of hydrogen-bond acceptors (Lipinski definition) is 1. The number of nitrogens with one attached hydrogen (secondary N) is 1. The SMILES string of the molecule is c1ccc(CCC2(c3ccccc3)CCCCN2)cc1. The van der Waals surface area contributed by atoms with Crippen LogP contribution in [0.25, 0.3) is 0 Å². The van der Waals surface area contributed by atoms with Gasteiger partial charge in [0.15, 0.2) is 0 Å². The van der Waals surface area contributed by atoms with Crippen LogP contribution >= 0.6 is 0 Å². The average molecular weight is 265 g/mol. The number of hydrogen-bond donors (Lipinski definition) is 1. The summed E-state index contributed by atoms with van der Waals surface area (Å²) in [5, 5.41) is 3.82. The second kappa shape index (κ2) is 6.23. The molecule has 0 bridgehead atoms. The van der Waals surface area contributed by atoms with Crippen molar-refractivity contribution in [2.45, 2.75) is 37.6 Å². The van der Waals surface area contributed by atoms with E-state index < -0.39 is 0 Å². The molecule has 0 amide bonds. The van der Waals surface area contributed by atoms with Gasteiger partial charge in [-0.15, -0.1) is 0 Å².